The first-order valence-corrected chi connectivity index (χ1v) is 16.4. The van der Waals surface area contributed by atoms with Crippen LogP contribution in [0.2, 0.25) is 0 Å². The Balaban J connectivity index is 0.00000342. The average Bonchev–Trinajstić information content (AvgIpc) is 2.93. The quantitative estimate of drug-likeness (QED) is 0.100. The van der Waals surface area contributed by atoms with Gasteiger partial charge in [0.25, 0.3) is 0 Å². The maximum atomic E-state index is 2.37. The molecule has 0 radical (unpaired) electrons. The van der Waals surface area contributed by atoms with Gasteiger partial charge in [-0.05, 0) is 49.2 Å². The van der Waals surface area contributed by atoms with Crippen molar-refractivity contribution in [2.45, 2.75) is 96.8 Å². The van der Waals surface area contributed by atoms with Crippen LogP contribution >= 0.6 is 34.1 Å². The van der Waals surface area contributed by atoms with Crippen LogP contribution in [0.5, 0.6) is 0 Å². The predicted octanol–water partition coefficient (Wildman–Crippen LogP) is 10.1. The second-order valence-electron chi connectivity index (χ2n) is 10.1. The molecule has 0 N–H and O–H groups in total. The van der Waals surface area contributed by atoms with Crippen molar-refractivity contribution in [3.8, 4) is 0 Å². The van der Waals surface area contributed by atoms with E-state index in [4.69, 9.17) is 0 Å². The zero-order valence-electron chi connectivity index (χ0n) is 23.3. The summed E-state index contributed by atoms with van der Waals surface area (Å²) in [5.74, 6) is 0. The van der Waals surface area contributed by atoms with Crippen LogP contribution < -0.4 is 15.9 Å². The van der Waals surface area contributed by atoms with Crippen molar-refractivity contribution in [2.75, 3.05) is 6.16 Å². The summed E-state index contributed by atoms with van der Waals surface area (Å²) in [6.07, 6.45) is 21.0. The number of hydrogen-bond donors (Lipinski definition) is 0. The maximum absolute atomic E-state index is 2.37. The van der Waals surface area contributed by atoms with Gasteiger partial charge >= 0.3 is 0 Å². The molecule has 0 aliphatic carbocycles. The van der Waals surface area contributed by atoms with Gasteiger partial charge in [0.15, 0.2) is 0 Å². The Morgan fingerprint density at radius 3 is 0.973 bits per heavy atom. The van der Waals surface area contributed by atoms with Gasteiger partial charge in [-0.25, -0.2) is 0 Å². The van der Waals surface area contributed by atoms with E-state index >= 15 is 0 Å². The lowest BCUT2D eigenvalue weighted by molar-refractivity contribution is 0.538. The predicted molar refractivity (Wildman–Crippen MR) is 182 cm³/mol. The van der Waals surface area contributed by atoms with Crippen molar-refractivity contribution in [3.05, 3.63) is 91.0 Å². The van der Waals surface area contributed by atoms with E-state index in [1.807, 2.05) is 0 Å². The molecule has 0 heterocycles. The smallest absolute Gasteiger partial charge is 0.112 e. The van der Waals surface area contributed by atoms with Gasteiger partial charge in [-0.2, -0.15) is 9.90 Å². The van der Waals surface area contributed by atoms with Crippen molar-refractivity contribution in [1.29, 1.82) is 0 Å². The second-order valence-corrected chi connectivity index (χ2v) is 13.8. The molecule has 0 spiro atoms. The Morgan fingerprint density at radius 1 is 0.405 bits per heavy atom. The normalized spacial score (nSPS) is 10.9. The van der Waals surface area contributed by atoms with Crippen LogP contribution in [0.3, 0.4) is 0 Å². The van der Waals surface area contributed by atoms with Crippen molar-refractivity contribution >= 4 is 50.1 Å². The molecule has 3 rings (SSSR count). The number of benzene rings is 3. The molecular formula is C34H52BrP2+. The Morgan fingerprint density at radius 2 is 0.676 bits per heavy atom. The molecule has 3 aromatic rings. The lowest BCUT2D eigenvalue weighted by Crippen LogP contribution is -2.33. The van der Waals surface area contributed by atoms with Crippen molar-refractivity contribution in [2.24, 2.45) is 0 Å². The summed E-state index contributed by atoms with van der Waals surface area (Å²) in [7, 11) is -1.64. The van der Waals surface area contributed by atoms with Crippen LogP contribution in [0.15, 0.2) is 91.0 Å². The van der Waals surface area contributed by atoms with Crippen LogP contribution in [0.25, 0.3) is 0 Å². The first-order chi connectivity index (χ1) is 17.4. The molecule has 0 nitrogen and oxygen atoms in total. The SMILES string of the molecule is Br.CCCCCCCCCCCCCCCC[P+](c1ccccc1)(c1ccccc1)c1ccccc1.P. The molecule has 1 atom stereocenters. The minimum Gasteiger partial charge on any atom is -0.153 e. The van der Waals surface area contributed by atoms with Crippen molar-refractivity contribution in [1.82, 2.24) is 0 Å². The average molecular weight is 603 g/mol. The van der Waals surface area contributed by atoms with Gasteiger partial charge in [0.2, 0.25) is 0 Å². The van der Waals surface area contributed by atoms with Crippen molar-refractivity contribution in [3.63, 3.8) is 0 Å². The van der Waals surface area contributed by atoms with Gasteiger partial charge in [0.1, 0.15) is 23.2 Å². The highest BCUT2D eigenvalue weighted by Gasteiger charge is 2.44. The van der Waals surface area contributed by atoms with Crippen LogP contribution in [0.1, 0.15) is 96.8 Å². The van der Waals surface area contributed by atoms with E-state index in [9.17, 15) is 0 Å². The van der Waals surface area contributed by atoms with E-state index in [0.29, 0.717) is 0 Å². The van der Waals surface area contributed by atoms with E-state index < -0.39 is 7.26 Å². The van der Waals surface area contributed by atoms with E-state index in [-0.39, 0.29) is 26.9 Å². The first kappa shape index (κ1) is 34.0. The Hall–Kier alpha value is -1.000. The zero-order valence-corrected chi connectivity index (χ0v) is 27.4. The highest BCUT2D eigenvalue weighted by atomic mass is 79.9. The van der Waals surface area contributed by atoms with Gasteiger partial charge in [0, 0.05) is 0 Å². The first-order valence-electron chi connectivity index (χ1n) is 14.4. The maximum Gasteiger partial charge on any atom is 0.112 e. The molecule has 0 fully saturated rings. The molecule has 0 saturated heterocycles. The minimum absolute atomic E-state index is 0. The van der Waals surface area contributed by atoms with Crippen LogP contribution in [0.4, 0.5) is 0 Å². The van der Waals surface area contributed by atoms with Crippen LogP contribution in [-0.2, 0) is 0 Å². The van der Waals surface area contributed by atoms with E-state index in [2.05, 4.69) is 97.9 Å². The zero-order chi connectivity index (χ0) is 24.4. The fraction of sp³-hybridized carbons (Fsp3) is 0.471. The molecule has 37 heavy (non-hydrogen) atoms. The van der Waals surface area contributed by atoms with Crippen molar-refractivity contribution < 1.29 is 0 Å². The molecular weight excluding hydrogens is 550 g/mol. The van der Waals surface area contributed by atoms with Crippen LogP contribution in [0, 0.1) is 0 Å². The number of rotatable bonds is 18. The molecule has 0 aliphatic rings. The lowest BCUT2D eigenvalue weighted by Gasteiger charge is -2.27. The summed E-state index contributed by atoms with van der Waals surface area (Å²) in [6.45, 7) is 2.30. The third-order valence-corrected chi connectivity index (χ3v) is 12.0. The monoisotopic (exact) mass is 601 g/mol. The number of hydrogen-bond acceptors (Lipinski definition) is 0. The van der Waals surface area contributed by atoms with Gasteiger partial charge in [-0.15, -0.1) is 17.0 Å². The standard InChI is InChI=1S/C34H48P.BrH.H3P/c1-2-3-4-5-6-7-8-9-10-11-12-13-14-24-31-35(32-25-18-15-19-26-32,33-27-20-16-21-28-33)34-29-22-17-23-30-34;;/h15-23,25-30H,2-14,24,31H2,1H3;1H;1H3/q+1;;. The van der Waals surface area contributed by atoms with Gasteiger partial charge in [0.05, 0.1) is 6.16 Å². The third kappa shape index (κ3) is 11.3. The highest BCUT2D eigenvalue weighted by molar-refractivity contribution is 8.93. The molecule has 0 amide bonds. The number of halogens is 1. The Bertz CT molecular complexity index is 802. The third-order valence-electron chi connectivity index (χ3n) is 7.44. The molecule has 3 aromatic carbocycles. The highest BCUT2D eigenvalue weighted by Crippen LogP contribution is 2.56. The summed E-state index contributed by atoms with van der Waals surface area (Å²) >= 11 is 0. The summed E-state index contributed by atoms with van der Waals surface area (Å²) < 4.78 is 0. The summed E-state index contributed by atoms with van der Waals surface area (Å²) in [6, 6.07) is 34.0. The summed E-state index contributed by atoms with van der Waals surface area (Å²) in [5.41, 5.74) is 0. The fourth-order valence-electron chi connectivity index (χ4n) is 5.43. The van der Waals surface area contributed by atoms with E-state index in [0.717, 1.165) is 0 Å². The Labute approximate surface area is 243 Å². The van der Waals surface area contributed by atoms with Gasteiger partial charge < -0.3 is 0 Å². The molecule has 0 aromatic heterocycles. The molecule has 204 valence electrons. The molecule has 0 bridgehead atoms. The molecule has 0 aliphatic heterocycles. The largest absolute Gasteiger partial charge is 0.153 e. The molecule has 0 saturated carbocycles. The number of unbranched alkanes of at least 4 members (excludes halogenated alkanes) is 13. The molecule has 3 heteroatoms. The topological polar surface area (TPSA) is 0 Å². The van der Waals surface area contributed by atoms with Gasteiger partial charge in [-0.3, -0.25) is 0 Å². The van der Waals surface area contributed by atoms with E-state index in [1.54, 1.807) is 0 Å². The van der Waals surface area contributed by atoms with Gasteiger partial charge in [-0.1, -0.05) is 139 Å². The second kappa shape index (κ2) is 20.9. The summed E-state index contributed by atoms with van der Waals surface area (Å²) in [5, 5.41) is 4.56. The lowest BCUT2D eigenvalue weighted by atomic mass is 10.0. The fourth-order valence-corrected chi connectivity index (χ4v) is 9.84. The molecule has 1 unspecified atom stereocenters. The van der Waals surface area contributed by atoms with E-state index in [1.165, 1.54) is 112 Å². The minimum atomic E-state index is -1.64. The van der Waals surface area contributed by atoms with Crippen LogP contribution in [-0.4, -0.2) is 6.16 Å². The summed E-state index contributed by atoms with van der Waals surface area (Å²) in [4.78, 5) is 0. The Kier molecular flexibility index (Phi) is 19.2.